The van der Waals surface area contributed by atoms with E-state index in [4.69, 9.17) is 0 Å². The van der Waals surface area contributed by atoms with Crippen LogP contribution in [0.5, 0.6) is 0 Å². The maximum absolute atomic E-state index is 2.33. The molecule has 0 aliphatic heterocycles. The molecule has 0 radical (unpaired) electrons. The van der Waals surface area contributed by atoms with Crippen molar-refractivity contribution in [2.45, 2.75) is 79.1 Å². The summed E-state index contributed by atoms with van der Waals surface area (Å²) in [6.45, 7) is 15.0. The van der Waals surface area contributed by atoms with E-state index in [1.54, 1.807) is 0 Å². The van der Waals surface area contributed by atoms with E-state index >= 15 is 0 Å². The van der Waals surface area contributed by atoms with Gasteiger partial charge in [0.25, 0.3) is 0 Å². The summed E-state index contributed by atoms with van der Waals surface area (Å²) >= 11 is 0. The Balaban J connectivity index is -0.000000427. The molecule has 0 fully saturated rings. The van der Waals surface area contributed by atoms with E-state index in [2.05, 4.69) is 27.7 Å². The average Bonchev–Trinajstić information content (AvgIpc) is 2.37. The van der Waals surface area contributed by atoms with Crippen LogP contribution in [0.3, 0.4) is 0 Å². The van der Waals surface area contributed by atoms with Crippen molar-refractivity contribution in [2.75, 3.05) is 26.2 Å². The minimum atomic E-state index is 0. The summed E-state index contributed by atoms with van der Waals surface area (Å²) in [7, 11) is 0. The van der Waals surface area contributed by atoms with Crippen molar-refractivity contribution < 1.29 is 4.48 Å². The lowest BCUT2D eigenvalue weighted by molar-refractivity contribution is -0.929. The SMILES string of the molecule is CCCC[N+](CCCC)(CCCC)CCCC.Cl.Cl.Cl. The van der Waals surface area contributed by atoms with Crippen LogP contribution in [0, 0.1) is 0 Å². The van der Waals surface area contributed by atoms with E-state index < -0.39 is 0 Å². The zero-order valence-corrected chi connectivity index (χ0v) is 16.6. The topological polar surface area (TPSA) is 0 Å². The van der Waals surface area contributed by atoms with E-state index in [1.807, 2.05) is 0 Å². The summed E-state index contributed by atoms with van der Waals surface area (Å²) < 4.78 is 1.42. The molecule has 0 aromatic heterocycles. The summed E-state index contributed by atoms with van der Waals surface area (Å²) in [5.41, 5.74) is 0. The molecule has 0 rings (SSSR count). The highest BCUT2D eigenvalue weighted by Crippen LogP contribution is 2.16. The van der Waals surface area contributed by atoms with Gasteiger partial charge in [-0.15, -0.1) is 37.2 Å². The first-order valence-electron chi connectivity index (χ1n) is 8.09. The fraction of sp³-hybridized carbons (Fsp3) is 1.00. The van der Waals surface area contributed by atoms with Gasteiger partial charge in [-0.2, -0.15) is 0 Å². The minimum absolute atomic E-state index is 0. The predicted octanol–water partition coefficient (Wildman–Crippen LogP) is 6.27. The van der Waals surface area contributed by atoms with Crippen LogP contribution >= 0.6 is 37.2 Å². The molecule has 128 valence electrons. The molecule has 0 amide bonds. The first-order chi connectivity index (χ1) is 8.24. The summed E-state index contributed by atoms with van der Waals surface area (Å²) in [6, 6.07) is 0. The molecule has 0 unspecified atom stereocenters. The van der Waals surface area contributed by atoms with Crippen molar-refractivity contribution in [3.05, 3.63) is 0 Å². The molecule has 20 heavy (non-hydrogen) atoms. The van der Waals surface area contributed by atoms with Crippen molar-refractivity contribution in [3.63, 3.8) is 0 Å². The van der Waals surface area contributed by atoms with Crippen molar-refractivity contribution in [1.82, 2.24) is 0 Å². The molecule has 0 saturated heterocycles. The lowest BCUT2D eigenvalue weighted by atomic mass is 10.1. The number of unbranched alkanes of at least 4 members (excludes halogenated alkanes) is 4. The molecule has 0 aliphatic carbocycles. The molecule has 0 bridgehead atoms. The molecule has 4 heteroatoms. The van der Waals surface area contributed by atoms with E-state index in [0.29, 0.717) is 0 Å². The van der Waals surface area contributed by atoms with Crippen LogP contribution in [0.15, 0.2) is 0 Å². The number of quaternary nitrogens is 1. The number of halogens is 3. The van der Waals surface area contributed by atoms with Crippen LogP contribution < -0.4 is 0 Å². The Kier molecular flexibility index (Phi) is 28.7. The third-order valence-corrected chi connectivity index (χ3v) is 3.94. The van der Waals surface area contributed by atoms with Gasteiger partial charge in [0.1, 0.15) is 0 Å². The standard InChI is InChI=1S/C16H36N.3ClH/c1-5-9-13-17(14-10-6-2,15-11-7-3)16-12-8-4;;;/h5-16H2,1-4H3;3*1H/q+1;;;. The van der Waals surface area contributed by atoms with Gasteiger partial charge in [0.2, 0.25) is 0 Å². The molecular formula is C16H39Cl3N+. The minimum Gasteiger partial charge on any atom is -0.324 e. The monoisotopic (exact) mass is 350 g/mol. The largest absolute Gasteiger partial charge is 0.324 e. The molecule has 1 nitrogen and oxygen atoms in total. The van der Waals surface area contributed by atoms with Crippen LogP contribution in [0.4, 0.5) is 0 Å². The maximum atomic E-state index is 2.33. The Hall–Kier alpha value is 0.830. The van der Waals surface area contributed by atoms with Crippen LogP contribution in [-0.4, -0.2) is 30.7 Å². The zero-order valence-electron chi connectivity index (χ0n) is 14.2. The highest BCUT2D eigenvalue weighted by Gasteiger charge is 2.24. The normalized spacial score (nSPS) is 10.2. The fourth-order valence-electron chi connectivity index (χ4n) is 2.64. The van der Waals surface area contributed by atoms with Crippen LogP contribution in [0.25, 0.3) is 0 Å². The van der Waals surface area contributed by atoms with E-state index in [9.17, 15) is 0 Å². The van der Waals surface area contributed by atoms with Gasteiger partial charge >= 0.3 is 0 Å². The van der Waals surface area contributed by atoms with Gasteiger partial charge in [-0.25, -0.2) is 0 Å². The second-order valence-corrected chi connectivity index (χ2v) is 5.65. The number of rotatable bonds is 12. The van der Waals surface area contributed by atoms with E-state index in [0.717, 1.165) is 0 Å². The highest BCUT2D eigenvalue weighted by molar-refractivity contribution is 5.86. The maximum Gasteiger partial charge on any atom is 0.0786 e. The van der Waals surface area contributed by atoms with Crippen LogP contribution in [0.1, 0.15) is 79.1 Å². The summed E-state index contributed by atoms with van der Waals surface area (Å²) in [5.74, 6) is 0. The first-order valence-corrected chi connectivity index (χ1v) is 8.09. The fourth-order valence-corrected chi connectivity index (χ4v) is 2.64. The van der Waals surface area contributed by atoms with Gasteiger partial charge in [0.05, 0.1) is 26.2 Å². The van der Waals surface area contributed by atoms with Gasteiger partial charge in [0, 0.05) is 0 Å². The van der Waals surface area contributed by atoms with Gasteiger partial charge in [-0.05, 0) is 25.7 Å². The van der Waals surface area contributed by atoms with Crippen molar-refractivity contribution in [1.29, 1.82) is 0 Å². The lowest BCUT2D eigenvalue weighted by Crippen LogP contribution is -2.50. The molecule has 0 aliphatic rings. The Morgan fingerprint density at radius 3 is 0.800 bits per heavy atom. The quantitative estimate of drug-likeness (QED) is 0.363. The van der Waals surface area contributed by atoms with Gasteiger partial charge < -0.3 is 4.48 Å². The lowest BCUT2D eigenvalue weighted by Gasteiger charge is -2.39. The summed E-state index contributed by atoms with van der Waals surface area (Å²) in [6.07, 6.45) is 11.1. The van der Waals surface area contributed by atoms with Crippen LogP contribution in [0.2, 0.25) is 0 Å². The van der Waals surface area contributed by atoms with Crippen molar-refractivity contribution in [3.8, 4) is 0 Å². The third kappa shape index (κ3) is 13.8. The zero-order chi connectivity index (χ0) is 13.0. The number of hydrogen-bond acceptors (Lipinski definition) is 0. The Morgan fingerprint density at radius 2 is 0.650 bits per heavy atom. The molecule has 0 aromatic rings. The van der Waals surface area contributed by atoms with E-state index in [-0.39, 0.29) is 37.2 Å². The smallest absolute Gasteiger partial charge is 0.0786 e. The molecule has 0 atom stereocenters. The van der Waals surface area contributed by atoms with Crippen molar-refractivity contribution in [2.24, 2.45) is 0 Å². The van der Waals surface area contributed by atoms with Crippen LogP contribution in [-0.2, 0) is 0 Å². The second-order valence-electron chi connectivity index (χ2n) is 5.65. The van der Waals surface area contributed by atoms with E-state index in [1.165, 1.54) is 82.0 Å². The Morgan fingerprint density at radius 1 is 0.450 bits per heavy atom. The molecular weight excluding hydrogens is 313 g/mol. The average molecular weight is 352 g/mol. The predicted molar refractivity (Wildman–Crippen MR) is 101 cm³/mol. The molecule has 0 saturated carbocycles. The number of nitrogens with zero attached hydrogens (tertiary/aromatic N) is 1. The summed E-state index contributed by atoms with van der Waals surface area (Å²) in [4.78, 5) is 0. The summed E-state index contributed by atoms with van der Waals surface area (Å²) in [5, 5.41) is 0. The molecule has 0 spiro atoms. The molecule has 0 heterocycles. The second kappa shape index (κ2) is 19.8. The molecule has 0 N–H and O–H groups in total. The molecule has 0 aromatic carbocycles. The number of hydrogen-bond donors (Lipinski definition) is 0. The van der Waals surface area contributed by atoms with Gasteiger partial charge in [-0.1, -0.05) is 53.4 Å². The first kappa shape index (κ1) is 28.9. The van der Waals surface area contributed by atoms with Gasteiger partial charge in [-0.3, -0.25) is 0 Å². The van der Waals surface area contributed by atoms with Crippen molar-refractivity contribution >= 4 is 37.2 Å². The Bertz CT molecular complexity index is 128. The highest BCUT2D eigenvalue weighted by atomic mass is 35.5. The Labute approximate surface area is 147 Å². The third-order valence-electron chi connectivity index (χ3n) is 3.94. The van der Waals surface area contributed by atoms with Gasteiger partial charge in [0.15, 0.2) is 0 Å².